The number of rotatable bonds is 5. The molecule has 0 fully saturated rings. The zero-order valence-corrected chi connectivity index (χ0v) is 20.6. The number of aromatic nitrogens is 4. The Hall–Kier alpha value is -4.59. The Morgan fingerprint density at radius 2 is 1.84 bits per heavy atom. The maximum atomic E-state index is 13.4. The van der Waals surface area contributed by atoms with Gasteiger partial charge >= 0.3 is 0 Å². The largest absolute Gasteiger partial charge is 0.348 e. The highest BCUT2D eigenvalue weighted by Crippen LogP contribution is 2.31. The Morgan fingerprint density at radius 1 is 1.03 bits per heavy atom. The molecule has 5 aromatic rings. The molecule has 1 atom stereocenters. The summed E-state index contributed by atoms with van der Waals surface area (Å²) in [7, 11) is 0. The van der Waals surface area contributed by atoms with Crippen LogP contribution < -0.4 is 10.7 Å². The predicted molar refractivity (Wildman–Crippen MR) is 140 cm³/mol. The van der Waals surface area contributed by atoms with E-state index in [2.05, 4.69) is 32.6 Å². The number of aryl methyl sites for hydroxylation is 3. The zero-order valence-electron chi connectivity index (χ0n) is 20.6. The molecule has 0 bridgehead atoms. The molecule has 8 heteroatoms. The van der Waals surface area contributed by atoms with Gasteiger partial charge in [-0.3, -0.25) is 9.59 Å². The summed E-state index contributed by atoms with van der Waals surface area (Å²) in [6.45, 7) is 3.81. The van der Waals surface area contributed by atoms with Crippen molar-refractivity contribution in [2.75, 3.05) is 0 Å². The molecule has 1 aliphatic carbocycles. The van der Waals surface area contributed by atoms with Gasteiger partial charge in [0.05, 0.1) is 11.4 Å². The zero-order chi connectivity index (χ0) is 25.5. The van der Waals surface area contributed by atoms with Gasteiger partial charge in [0.1, 0.15) is 17.8 Å². The number of nitrogens with one attached hydrogen (secondary N) is 1. The number of pyridine rings is 2. The summed E-state index contributed by atoms with van der Waals surface area (Å²) in [5.74, 6) is 0.343. The summed E-state index contributed by atoms with van der Waals surface area (Å²) in [4.78, 5) is 35.7. The van der Waals surface area contributed by atoms with Gasteiger partial charge in [0.15, 0.2) is 0 Å². The fraction of sp³-hybridized carbons (Fsp3) is 0.207. The molecule has 1 aliphatic rings. The highest BCUT2D eigenvalue weighted by atomic mass is 16.5. The molecule has 37 heavy (non-hydrogen) atoms. The van der Waals surface area contributed by atoms with Crippen LogP contribution in [0.3, 0.4) is 0 Å². The van der Waals surface area contributed by atoms with Gasteiger partial charge in [0.25, 0.3) is 5.89 Å². The minimum atomic E-state index is -0.274. The van der Waals surface area contributed by atoms with Crippen molar-refractivity contribution < 1.29 is 9.32 Å². The second-order valence-corrected chi connectivity index (χ2v) is 9.42. The summed E-state index contributed by atoms with van der Waals surface area (Å²) < 4.78 is 7.21. The first-order valence-electron chi connectivity index (χ1n) is 12.3. The number of amides is 1. The molecule has 0 saturated carbocycles. The second kappa shape index (κ2) is 9.13. The normalized spacial score (nSPS) is 14.6. The van der Waals surface area contributed by atoms with Gasteiger partial charge in [0, 0.05) is 17.5 Å². The molecule has 1 N–H and O–H groups in total. The van der Waals surface area contributed by atoms with Gasteiger partial charge in [-0.15, -0.1) is 0 Å². The molecule has 8 nitrogen and oxygen atoms in total. The molecule has 3 aromatic heterocycles. The van der Waals surface area contributed by atoms with Crippen molar-refractivity contribution in [2.24, 2.45) is 0 Å². The Bertz CT molecular complexity index is 1720. The topological polar surface area (TPSA) is 103 Å². The average Bonchev–Trinajstić information content (AvgIpc) is 3.54. The maximum Gasteiger partial charge on any atom is 0.263 e. The van der Waals surface area contributed by atoms with Crippen molar-refractivity contribution in [3.05, 3.63) is 99.5 Å². The summed E-state index contributed by atoms with van der Waals surface area (Å²) in [5, 5.41) is 7.65. The minimum Gasteiger partial charge on any atom is -0.348 e. The molecule has 0 spiro atoms. The molecular weight excluding hydrogens is 466 g/mol. The fourth-order valence-corrected chi connectivity index (χ4v) is 5.00. The third kappa shape index (κ3) is 4.20. The van der Waals surface area contributed by atoms with Gasteiger partial charge < -0.3 is 14.4 Å². The van der Waals surface area contributed by atoms with Crippen LogP contribution in [0.5, 0.6) is 0 Å². The Kier molecular flexibility index (Phi) is 5.64. The van der Waals surface area contributed by atoms with Crippen LogP contribution in [-0.4, -0.2) is 25.6 Å². The molecule has 0 radical (unpaired) electrons. The van der Waals surface area contributed by atoms with Crippen LogP contribution in [0.4, 0.5) is 0 Å². The number of nitrogens with zero attached hydrogens (tertiary/aromatic N) is 4. The highest BCUT2D eigenvalue weighted by Gasteiger charge is 2.24. The first kappa shape index (κ1) is 22.8. The van der Waals surface area contributed by atoms with E-state index < -0.39 is 0 Å². The van der Waals surface area contributed by atoms with Crippen molar-refractivity contribution in [3.63, 3.8) is 0 Å². The first-order valence-corrected chi connectivity index (χ1v) is 12.3. The summed E-state index contributed by atoms with van der Waals surface area (Å²) in [6.07, 6.45) is 3.39. The summed E-state index contributed by atoms with van der Waals surface area (Å²) in [6, 6.07) is 19.4. The molecule has 0 aliphatic heterocycles. The van der Waals surface area contributed by atoms with E-state index in [0.717, 1.165) is 35.2 Å². The fourth-order valence-electron chi connectivity index (χ4n) is 5.00. The van der Waals surface area contributed by atoms with Crippen LogP contribution >= 0.6 is 0 Å². The van der Waals surface area contributed by atoms with E-state index in [1.54, 1.807) is 22.9 Å². The van der Waals surface area contributed by atoms with Crippen LogP contribution in [-0.2, 0) is 17.8 Å². The van der Waals surface area contributed by atoms with Gasteiger partial charge in [0.2, 0.25) is 17.2 Å². The lowest BCUT2D eigenvalue weighted by Gasteiger charge is -2.16. The third-order valence-corrected chi connectivity index (χ3v) is 6.89. The molecule has 1 unspecified atom stereocenters. The van der Waals surface area contributed by atoms with Gasteiger partial charge in [-0.1, -0.05) is 53.7 Å². The number of fused-ring (bicyclic) bond motifs is 2. The molecule has 3 heterocycles. The quantitative estimate of drug-likeness (QED) is 0.387. The van der Waals surface area contributed by atoms with E-state index in [1.165, 1.54) is 5.56 Å². The van der Waals surface area contributed by atoms with E-state index in [4.69, 9.17) is 4.52 Å². The number of hydrogen-bond donors (Lipinski definition) is 1. The van der Waals surface area contributed by atoms with Gasteiger partial charge in [-0.05, 0) is 55.5 Å². The van der Waals surface area contributed by atoms with Crippen LogP contribution in [0.15, 0.2) is 76.2 Å². The smallest absolute Gasteiger partial charge is 0.263 e. The van der Waals surface area contributed by atoms with Crippen LogP contribution in [0.1, 0.15) is 34.8 Å². The Balaban J connectivity index is 1.37. The second-order valence-electron chi connectivity index (χ2n) is 9.42. The SMILES string of the molecule is Cc1ccc2c(=O)c(-c3nc(-c4ccccc4C)no3)cn(CC(=O)NC3CCc4ccccc43)c2n1. The molecule has 1 amide bonds. The third-order valence-electron chi connectivity index (χ3n) is 6.89. The van der Waals surface area contributed by atoms with E-state index in [0.29, 0.717) is 16.9 Å². The number of hydrogen-bond acceptors (Lipinski definition) is 6. The number of carbonyl (C=O) groups is 1. The Morgan fingerprint density at radius 3 is 2.70 bits per heavy atom. The monoisotopic (exact) mass is 491 g/mol. The minimum absolute atomic E-state index is 0.00229. The highest BCUT2D eigenvalue weighted by molar-refractivity contribution is 5.83. The van der Waals surface area contributed by atoms with Gasteiger partial charge in [-0.25, -0.2) is 4.98 Å². The lowest BCUT2D eigenvalue weighted by molar-refractivity contribution is -0.122. The standard InChI is InChI=1S/C29H25N5O3/c1-17-7-3-5-9-20(17)27-32-29(37-33-27)23-15-34(28-22(26(23)36)13-11-18(2)30-28)16-25(35)31-24-14-12-19-8-4-6-10-21(19)24/h3-11,13,15,24H,12,14,16H2,1-2H3,(H,31,35). The summed E-state index contributed by atoms with van der Waals surface area (Å²) >= 11 is 0. The van der Waals surface area contributed by atoms with Crippen molar-refractivity contribution in [2.45, 2.75) is 39.3 Å². The van der Waals surface area contributed by atoms with E-state index >= 15 is 0 Å². The van der Waals surface area contributed by atoms with Crippen LogP contribution in [0.25, 0.3) is 33.9 Å². The number of carbonyl (C=O) groups excluding carboxylic acids is 1. The molecular formula is C29H25N5O3. The van der Waals surface area contributed by atoms with Crippen LogP contribution in [0, 0.1) is 13.8 Å². The predicted octanol–water partition coefficient (Wildman–Crippen LogP) is 4.53. The van der Waals surface area contributed by atoms with E-state index in [9.17, 15) is 9.59 Å². The Labute approximate surface area is 213 Å². The molecule has 2 aromatic carbocycles. The average molecular weight is 492 g/mol. The molecule has 6 rings (SSSR count). The lowest BCUT2D eigenvalue weighted by atomic mass is 10.1. The molecule has 184 valence electrons. The lowest BCUT2D eigenvalue weighted by Crippen LogP contribution is -2.31. The molecule has 0 saturated heterocycles. The van der Waals surface area contributed by atoms with Crippen molar-refractivity contribution in [1.29, 1.82) is 0 Å². The maximum absolute atomic E-state index is 13.4. The van der Waals surface area contributed by atoms with Crippen molar-refractivity contribution >= 4 is 16.9 Å². The van der Waals surface area contributed by atoms with Gasteiger partial charge in [-0.2, -0.15) is 4.98 Å². The van der Waals surface area contributed by atoms with E-state index in [-0.39, 0.29) is 35.4 Å². The van der Waals surface area contributed by atoms with Crippen LogP contribution in [0.2, 0.25) is 0 Å². The summed E-state index contributed by atoms with van der Waals surface area (Å²) in [5.41, 5.74) is 5.38. The first-order chi connectivity index (χ1) is 18.0. The number of benzene rings is 2. The van der Waals surface area contributed by atoms with E-state index in [1.807, 2.05) is 50.2 Å². The van der Waals surface area contributed by atoms with Crippen molar-refractivity contribution in [1.82, 2.24) is 25.0 Å². The van der Waals surface area contributed by atoms with Crippen molar-refractivity contribution in [3.8, 4) is 22.8 Å².